The van der Waals surface area contributed by atoms with Crippen molar-refractivity contribution in [2.24, 2.45) is 0 Å². The smallest absolute Gasteiger partial charge is 0.374 e. The summed E-state index contributed by atoms with van der Waals surface area (Å²) in [5.41, 5.74) is 1.58. The summed E-state index contributed by atoms with van der Waals surface area (Å²) >= 11 is 1.50. The number of para-hydroxylation sites is 1. The molecule has 26 heavy (non-hydrogen) atoms. The monoisotopic (exact) mass is 366 g/mol. The molecule has 0 saturated heterocycles. The number of methoxy groups -OCH3 is 1. The van der Waals surface area contributed by atoms with E-state index in [0.717, 1.165) is 21.5 Å². The summed E-state index contributed by atoms with van der Waals surface area (Å²) in [7, 11) is 1.33. The quantitative estimate of drug-likeness (QED) is 0.291. The fourth-order valence-corrected chi connectivity index (χ4v) is 3.54. The van der Waals surface area contributed by atoms with Gasteiger partial charge in [0.25, 0.3) is 0 Å². The number of esters is 1. The topological polar surface area (TPSA) is 78.4 Å². The van der Waals surface area contributed by atoms with E-state index in [4.69, 9.17) is 13.6 Å². The minimum atomic E-state index is -0.491. The molecular formula is C19H14N2O4S. The van der Waals surface area contributed by atoms with Crippen LogP contribution in [-0.2, 0) is 10.5 Å². The predicted octanol–water partition coefficient (Wildman–Crippen LogP) is 4.56. The van der Waals surface area contributed by atoms with Crippen molar-refractivity contribution in [2.75, 3.05) is 7.11 Å². The number of hydrogen-bond acceptors (Lipinski definition) is 7. The SMILES string of the molecule is COC(=O)c1occc1CSc1nc(-c2ccco2)nc2ccccc12. The number of ether oxygens (including phenoxy) is 1. The highest BCUT2D eigenvalue weighted by Gasteiger charge is 2.17. The molecule has 6 nitrogen and oxygen atoms in total. The normalized spacial score (nSPS) is 11.0. The molecule has 0 aliphatic rings. The van der Waals surface area contributed by atoms with E-state index in [1.807, 2.05) is 30.3 Å². The predicted molar refractivity (Wildman–Crippen MR) is 96.8 cm³/mol. The third kappa shape index (κ3) is 3.09. The Morgan fingerprint density at radius 1 is 1.08 bits per heavy atom. The zero-order chi connectivity index (χ0) is 17.9. The van der Waals surface area contributed by atoms with E-state index in [0.29, 0.717) is 17.3 Å². The van der Waals surface area contributed by atoms with Crippen molar-refractivity contribution in [2.45, 2.75) is 10.8 Å². The fourth-order valence-electron chi connectivity index (χ4n) is 2.54. The van der Waals surface area contributed by atoms with Gasteiger partial charge in [0.2, 0.25) is 5.76 Å². The van der Waals surface area contributed by atoms with E-state index < -0.39 is 5.97 Å². The number of rotatable bonds is 5. The van der Waals surface area contributed by atoms with E-state index in [-0.39, 0.29) is 5.76 Å². The number of nitrogens with zero attached hydrogens (tertiary/aromatic N) is 2. The van der Waals surface area contributed by atoms with E-state index in [2.05, 4.69) is 9.97 Å². The number of carbonyl (C=O) groups is 1. The minimum absolute atomic E-state index is 0.213. The van der Waals surface area contributed by atoms with Gasteiger partial charge in [0.15, 0.2) is 11.6 Å². The first-order valence-electron chi connectivity index (χ1n) is 7.84. The summed E-state index contributed by atoms with van der Waals surface area (Å²) in [4.78, 5) is 21.0. The van der Waals surface area contributed by atoms with Crippen molar-refractivity contribution >= 4 is 28.6 Å². The van der Waals surface area contributed by atoms with Crippen molar-refractivity contribution in [3.05, 3.63) is 66.3 Å². The average Bonchev–Trinajstić information content (AvgIpc) is 3.37. The average molecular weight is 366 g/mol. The largest absolute Gasteiger partial charge is 0.463 e. The maximum Gasteiger partial charge on any atom is 0.374 e. The van der Waals surface area contributed by atoms with Crippen molar-refractivity contribution < 1.29 is 18.4 Å². The van der Waals surface area contributed by atoms with Crippen molar-refractivity contribution in [3.8, 4) is 11.6 Å². The molecular weight excluding hydrogens is 352 g/mol. The van der Waals surface area contributed by atoms with Crippen LogP contribution in [0.5, 0.6) is 0 Å². The molecule has 0 atom stereocenters. The van der Waals surface area contributed by atoms with E-state index in [1.165, 1.54) is 25.1 Å². The number of hydrogen-bond donors (Lipinski definition) is 0. The van der Waals surface area contributed by atoms with Gasteiger partial charge in [-0.25, -0.2) is 14.8 Å². The Kier molecular flexibility index (Phi) is 4.45. The van der Waals surface area contributed by atoms with Crippen LogP contribution >= 0.6 is 11.8 Å². The van der Waals surface area contributed by atoms with Crippen LogP contribution in [0.3, 0.4) is 0 Å². The van der Waals surface area contributed by atoms with E-state index in [1.54, 1.807) is 18.4 Å². The lowest BCUT2D eigenvalue weighted by Crippen LogP contribution is -2.02. The Hall–Kier alpha value is -3.06. The minimum Gasteiger partial charge on any atom is -0.463 e. The first-order valence-corrected chi connectivity index (χ1v) is 8.83. The van der Waals surface area contributed by atoms with Gasteiger partial charge in [0, 0.05) is 16.7 Å². The van der Waals surface area contributed by atoms with Gasteiger partial charge in [-0.05, 0) is 24.3 Å². The van der Waals surface area contributed by atoms with Crippen LogP contribution in [0.2, 0.25) is 0 Å². The third-order valence-electron chi connectivity index (χ3n) is 3.79. The van der Waals surface area contributed by atoms with Crippen LogP contribution in [0.1, 0.15) is 16.1 Å². The summed E-state index contributed by atoms with van der Waals surface area (Å²) in [5.74, 6) is 1.37. The molecule has 0 N–H and O–H groups in total. The molecule has 0 radical (unpaired) electrons. The van der Waals surface area contributed by atoms with Crippen LogP contribution in [0, 0.1) is 0 Å². The number of aromatic nitrogens is 2. The number of benzene rings is 1. The second kappa shape index (κ2) is 7.05. The standard InChI is InChI=1S/C19H14N2O4S/c1-23-19(22)16-12(8-10-25-16)11-26-18-13-5-2-3-6-14(13)20-17(21-18)15-7-4-9-24-15/h2-10H,11H2,1H3. The van der Waals surface area contributed by atoms with Gasteiger partial charge in [-0.15, -0.1) is 11.8 Å². The van der Waals surface area contributed by atoms with Gasteiger partial charge < -0.3 is 13.6 Å². The molecule has 0 unspecified atom stereocenters. The lowest BCUT2D eigenvalue weighted by Gasteiger charge is -2.07. The molecule has 0 aliphatic heterocycles. The highest BCUT2D eigenvalue weighted by Crippen LogP contribution is 2.31. The van der Waals surface area contributed by atoms with Gasteiger partial charge in [-0.1, -0.05) is 18.2 Å². The number of thioether (sulfide) groups is 1. The molecule has 3 aromatic heterocycles. The number of fused-ring (bicyclic) bond motifs is 1. The summed E-state index contributed by atoms with van der Waals surface area (Å²) in [5, 5.41) is 1.75. The van der Waals surface area contributed by atoms with E-state index >= 15 is 0 Å². The van der Waals surface area contributed by atoms with Crippen molar-refractivity contribution in [1.82, 2.24) is 9.97 Å². The number of carbonyl (C=O) groups excluding carboxylic acids is 1. The second-order valence-corrected chi connectivity index (χ2v) is 6.37. The first kappa shape index (κ1) is 16.4. The lowest BCUT2D eigenvalue weighted by molar-refractivity contribution is 0.0564. The van der Waals surface area contributed by atoms with Crippen LogP contribution < -0.4 is 0 Å². The highest BCUT2D eigenvalue weighted by atomic mass is 32.2. The van der Waals surface area contributed by atoms with Gasteiger partial charge in [0.05, 0.1) is 25.2 Å². The molecule has 130 valence electrons. The second-order valence-electron chi connectivity index (χ2n) is 5.40. The zero-order valence-corrected chi connectivity index (χ0v) is 14.7. The zero-order valence-electron chi connectivity index (χ0n) is 13.8. The van der Waals surface area contributed by atoms with Crippen LogP contribution in [0.25, 0.3) is 22.5 Å². The van der Waals surface area contributed by atoms with Gasteiger partial charge in [-0.3, -0.25) is 0 Å². The Morgan fingerprint density at radius 3 is 2.77 bits per heavy atom. The Labute approximate surface area is 153 Å². The maximum absolute atomic E-state index is 11.8. The fraction of sp³-hybridized carbons (Fsp3) is 0.105. The lowest BCUT2D eigenvalue weighted by atomic mass is 10.2. The molecule has 0 spiro atoms. The van der Waals surface area contributed by atoms with Crippen molar-refractivity contribution in [1.29, 1.82) is 0 Å². The highest BCUT2D eigenvalue weighted by molar-refractivity contribution is 7.98. The summed E-state index contributed by atoms with van der Waals surface area (Å²) in [6.07, 6.45) is 3.07. The summed E-state index contributed by atoms with van der Waals surface area (Å²) in [6, 6.07) is 13.2. The molecule has 4 aromatic rings. The van der Waals surface area contributed by atoms with Gasteiger partial charge >= 0.3 is 5.97 Å². The van der Waals surface area contributed by atoms with Crippen molar-refractivity contribution in [3.63, 3.8) is 0 Å². The Bertz CT molecular complexity index is 1060. The first-order chi connectivity index (χ1) is 12.8. The number of furan rings is 2. The molecule has 0 aliphatic carbocycles. The van der Waals surface area contributed by atoms with Crippen LogP contribution in [0.4, 0.5) is 0 Å². The molecule has 0 bridgehead atoms. The molecule has 4 rings (SSSR count). The Morgan fingerprint density at radius 2 is 1.96 bits per heavy atom. The molecule has 0 amide bonds. The maximum atomic E-state index is 11.8. The third-order valence-corrected chi connectivity index (χ3v) is 4.83. The molecule has 0 saturated carbocycles. The van der Waals surface area contributed by atoms with Gasteiger partial charge in [0.1, 0.15) is 5.03 Å². The summed E-state index contributed by atoms with van der Waals surface area (Å²) in [6.45, 7) is 0. The van der Waals surface area contributed by atoms with Gasteiger partial charge in [-0.2, -0.15) is 0 Å². The molecule has 3 heterocycles. The summed E-state index contributed by atoms with van der Waals surface area (Å²) < 4.78 is 15.4. The van der Waals surface area contributed by atoms with Crippen LogP contribution in [-0.4, -0.2) is 23.0 Å². The Balaban J connectivity index is 1.70. The van der Waals surface area contributed by atoms with Crippen LogP contribution in [0.15, 0.2) is 68.9 Å². The molecule has 1 aromatic carbocycles. The molecule has 0 fully saturated rings. The molecule has 7 heteroatoms. The van der Waals surface area contributed by atoms with E-state index in [9.17, 15) is 4.79 Å².